The van der Waals surface area contributed by atoms with Gasteiger partial charge in [-0.25, -0.2) is 18.1 Å². The van der Waals surface area contributed by atoms with E-state index in [2.05, 4.69) is 9.71 Å². The summed E-state index contributed by atoms with van der Waals surface area (Å²) in [6, 6.07) is 14.2. The summed E-state index contributed by atoms with van der Waals surface area (Å²) in [4.78, 5) is 16.9. The van der Waals surface area contributed by atoms with Crippen molar-refractivity contribution < 1.29 is 13.2 Å². The molecule has 0 radical (unpaired) electrons. The Hall–Kier alpha value is -2.93. The number of sulfonamides is 1. The van der Waals surface area contributed by atoms with Crippen LogP contribution in [0.5, 0.6) is 0 Å². The van der Waals surface area contributed by atoms with Crippen LogP contribution < -0.4 is 4.72 Å². The quantitative estimate of drug-likeness (QED) is 0.767. The molecule has 3 aromatic rings. The van der Waals surface area contributed by atoms with Gasteiger partial charge in [0.15, 0.2) is 0 Å². The molecule has 0 bridgehead atoms. The molecule has 1 aromatic heterocycles. The van der Waals surface area contributed by atoms with Crippen LogP contribution >= 0.6 is 0 Å². The zero-order chi connectivity index (χ0) is 18.9. The van der Waals surface area contributed by atoms with Gasteiger partial charge in [0, 0.05) is 18.8 Å². The summed E-state index contributed by atoms with van der Waals surface area (Å²) in [6.45, 7) is 3.63. The highest BCUT2D eigenvalue weighted by Crippen LogP contribution is 2.22. The van der Waals surface area contributed by atoms with Crippen LogP contribution in [0.2, 0.25) is 0 Å². The lowest BCUT2D eigenvalue weighted by Crippen LogP contribution is -2.31. The molecule has 0 saturated heterocycles. The van der Waals surface area contributed by atoms with E-state index in [0.29, 0.717) is 11.4 Å². The maximum atomic E-state index is 12.5. The number of nitrogens with one attached hydrogen (secondary N) is 1. The third-order valence-electron chi connectivity index (χ3n) is 4.11. The van der Waals surface area contributed by atoms with Crippen molar-refractivity contribution in [2.45, 2.75) is 18.7 Å². The zero-order valence-electron chi connectivity index (χ0n) is 14.7. The first-order valence-electron chi connectivity index (χ1n) is 8.02. The molecular weight excluding hydrogens is 350 g/mol. The molecule has 134 valence electrons. The van der Waals surface area contributed by atoms with E-state index in [4.69, 9.17) is 0 Å². The largest absolute Gasteiger partial charge is 0.333 e. The van der Waals surface area contributed by atoms with Gasteiger partial charge in [-0.3, -0.25) is 4.79 Å². The van der Waals surface area contributed by atoms with Crippen molar-refractivity contribution in [1.82, 2.24) is 14.3 Å². The Morgan fingerprint density at radius 2 is 1.62 bits per heavy atom. The van der Waals surface area contributed by atoms with E-state index in [1.54, 1.807) is 36.7 Å². The topological polar surface area (TPSA) is 81.1 Å². The lowest BCUT2D eigenvalue weighted by Gasteiger charge is -2.07. The Balaban J connectivity index is 1.91. The number of amides is 1. The van der Waals surface area contributed by atoms with Crippen LogP contribution in [0, 0.1) is 13.8 Å². The molecule has 6 nitrogen and oxygen atoms in total. The zero-order valence-corrected chi connectivity index (χ0v) is 15.5. The smallest absolute Gasteiger partial charge is 0.285 e. The molecule has 0 spiro atoms. The van der Waals surface area contributed by atoms with Crippen LogP contribution in [0.15, 0.2) is 59.6 Å². The van der Waals surface area contributed by atoms with Gasteiger partial charge >= 0.3 is 0 Å². The number of hydrogen-bond donors (Lipinski definition) is 1. The lowest BCUT2D eigenvalue weighted by atomic mass is 10.1. The number of aromatic nitrogens is 2. The number of carbonyl (C=O) groups excluding carboxylic acids is 1. The van der Waals surface area contributed by atoms with Crippen molar-refractivity contribution in [3.05, 3.63) is 71.5 Å². The van der Waals surface area contributed by atoms with Gasteiger partial charge < -0.3 is 4.57 Å². The van der Waals surface area contributed by atoms with Gasteiger partial charge in [0.25, 0.3) is 15.9 Å². The molecule has 7 heteroatoms. The predicted octanol–water partition coefficient (Wildman–Crippen LogP) is 2.82. The Morgan fingerprint density at radius 1 is 1.00 bits per heavy atom. The summed E-state index contributed by atoms with van der Waals surface area (Å²) >= 11 is 0. The van der Waals surface area contributed by atoms with E-state index in [1.165, 1.54) is 12.3 Å². The fourth-order valence-electron chi connectivity index (χ4n) is 2.74. The number of benzene rings is 2. The summed E-state index contributed by atoms with van der Waals surface area (Å²) in [6.07, 6.45) is 1.52. The number of imidazole rings is 1. The molecule has 3 rings (SSSR count). The molecule has 1 heterocycles. The number of carbonyl (C=O) groups is 1. The van der Waals surface area contributed by atoms with Crippen molar-refractivity contribution >= 4 is 15.9 Å². The van der Waals surface area contributed by atoms with Crippen molar-refractivity contribution in [2.75, 3.05) is 0 Å². The van der Waals surface area contributed by atoms with Crippen molar-refractivity contribution in [3.8, 4) is 11.4 Å². The minimum absolute atomic E-state index is 0.0444. The highest BCUT2D eigenvalue weighted by molar-refractivity contribution is 7.90. The molecule has 0 aliphatic rings. The van der Waals surface area contributed by atoms with Crippen LogP contribution in [0.1, 0.15) is 21.6 Å². The van der Waals surface area contributed by atoms with Crippen molar-refractivity contribution in [2.24, 2.45) is 7.05 Å². The fraction of sp³-hybridized carbons (Fsp3) is 0.158. The molecule has 1 N–H and O–H groups in total. The Bertz CT molecular complexity index is 1080. The average molecular weight is 369 g/mol. The third kappa shape index (κ3) is 3.39. The van der Waals surface area contributed by atoms with Crippen LogP contribution in [0.3, 0.4) is 0 Å². The van der Waals surface area contributed by atoms with Crippen molar-refractivity contribution in [1.29, 1.82) is 0 Å². The summed E-state index contributed by atoms with van der Waals surface area (Å²) in [5.41, 5.74) is 2.51. The summed E-state index contributed by atoms with van der Waals surface area (Å²) < 4.78 is 28.8. The molecule has 2 aromatic carbocycles. The Morgan fingerprint density at radius 3 is 2.27 bits per heavy atom. The Labute approximate surface area is 152 Å². The van der Waals surface area contributed by atoms with E-state index >= 15 is 0 Å². The number of rotatable bonds is 4. The molecule has 1 amide bonds. The second-order valence-electron chi connectivity index (χ2n) is 6.08. The maximum absolute atomic E-state index is 12.5. The molecule has 0 aliphatic heterocycles. The van der Waals surface area contributed by atoms with Crippen LogP contribution in [0.25, 0.3) is 11.4 Å². The van der Waals surface area contributed by atoms with Gasteiger partial charge in [0.2, 0.25) is 0 Å². The summed E-state index contributed by atoms with van der Waals surface area (Å²) in [5.74, 6) is -0.162. The van der Waals surface area contributed by atoms with Gasteiger partial charge in [-0.1, -0.05) is 42.5 Å². The van der Waals surface area contributed by atoms with Gasteiger partial charge in [-0.15, -0.1) is 0 Å². The van der Waals surface area contributed by atoms with E-state index in [0.717, 1.165) is 11.1 Å². The molecule has 0 unspecified atom stereocenters. The normalized spacial score (nSPS) is 11.3. The number of hydrogen-bond acceptors (Lipinski definition) is 4. The first-order valence-corrected chi connectivity index (χ1v) is 9.50. The van der Waals surface area contributed by atoms with Gasteiger partial charge in [0.1, 0.15) is 11.5 Å². The third-order valence-corrected chi connectivity index (χ3v) is 5.60. The molecule has 0 fully saturated rings. The molecule has 26 heavy (non-hydrogen) atoms. The second-order valence-corrected chi connectivity index (χ2v) is 7.73. The highest BCUT2D eigenvalue weighted by atomic mass is 32.2. The molecule has 0 atom stereocenters. The molecule has 0 aliphatic carbocycles. The minimum atomic E-state index is -3.96. The fourth-order valence-corrected chi connectivity index (χ4v) is 3.95. The second kappa shape index (κ2) is 6.76. The number of aryl methyl sites for hydroxylation is 3. The minimum Gasteiger partial charge on any atom is -0.333 e. The first kappa shape index (κ1) is 17.9. The predicted molar refractivity (Wildman–Crippen MR) is 99.2 cm³/mol. The first-order chi connectivity index (χ1) is 12.3. The highest BCUT2D eigenvalue weighted by Gasteiger charge is 2.23. The van der Waals surface area contributed by atoms with Crippen LogP contribution in [0.4, 0.5) is 0 Å². The lowest BCUT2D eigenvalue weighted by molar-refractivity contribution is 0.0977. The monoisotopic (exact) mass is 369 g/mol. The van der Waals surface area contributed by atoms with Gasteiger partial charge in [-0.2, -0.15) is 0 Å². The summed E-state index contributed by atoms with van der Waals surface area (Å²) in [7, 11) is -2.20. The standard InChI is InChI=1S/C19H19N3O3S/c1-13-8-4-6-10-15(13)18-20-16(12-22(18)3)19(23)21-26(24,25)17-11-7-5-9-14(17)2/h4-12H,1-3H3,(H,21,23). The summed E-state index contributed by atoms with van der Waals surface area (Å²) in [5, 5.41) is 0. The van der Waals surface area contributed by atoms with E-state index in [-0.39, 0.29) is 10.6 Å². The molecule has 0 saturated carbocycles. The average Bonchev–Trinajstić information content (AvgIpc) is 2.97. The Kier molecular flexibility index (Phi) is 4.65. The van der Waals surface area contributed by atoms with Gasteiger partial charge in [0.05, 0.1) is 4.90 Å². The van der Waals surface area contributed by atoms with Crippen molar-refractivity contribution in [3.63, 3.8) is 0 Å². The van der Waals surface area contributed by atoms with Crippen LogP contribution in [-0.2, 0) is 17.1 Å². The van der Waals surface area contributed by atoms with E-state index in [9.17, 15) is 13.2 Å². The SMILES string of the molecule is Cc1ccccc1-c1nc(C(=O)NS(=O)(=O)c2ccccc2C)cn1C. The van der Waals surface area contributed by atoms with E-state index in [1.807, 2.05) is 31.2 Å². The van der Waals surface area contributed by atoms with Crippen LogP contribution in [-0.4, -0.2) is 23.9 Å². The van der Waals surface area contributed by atoms with E-state index < -0.39 is 15.9 Å². The number of nitrogens with zero attached hydrogens (tertiary/aromatic N) is 2. The molecular formula is C19H19N3O3S. The van der Waals surface area contributed by atoms with Gasteiger partial charge in [-0.05, 0) is 31.0 Å². The maximum Gasteiger partial charge on any atom is 0.285 e.